The zero-order valence-corrected chi connectivity index (χ0v) is 14.2. The van der Waals surface area contributed by atoms with Crippen molar-refractivity contribution >= 4 is 5.91 Å². The number of rotatable bonds is 5. The van der Waals surface area contributed by atoms with Crippen molar-refractivity contribution in [2.24, 2.45) is 5.73 Å². The summed E-state index contributed by atoms with van der Waals surface area (Å²) in [6.45, 7) is 0. The van der Waals surface area contributed by atoms with Crippen molar-refractivity contribution in [2.45, 2.75) is 0 Å². The van der Waals surface area contributed by atoms with Crippen molar-refractivity contribution < 1.29 is 14.3 Å². The SMILES string of the molecule is COc1ccc(-c2cccc(C(N)=O)c2-c2ccc(OC)cc2)cc1. The van der Waals surface area contributed by atoms with E-state index >= 15 is 0 Å². The molecule has 0 radical (unpaired) electrons. The van der Waals surface area contributed by atoms with E-state index in [1.165, 1.54) is 0 Å². The Labute approximate surface area is 146 Å². The second kappa shape index (κ2) is 7.09. The number of primary amides is 1. The molecule has 2 N–H and O–H groups in total. The van der Waals surface area contributed by atoms with E-state index in [4.69, 9.17) is 15.2 Å². The summed E-state index contributed by atoms with van der Waals surface area (Å²) in [7, 11) is 3.25. The molecular formula is C21H19NO3. The van der Waals surface area contributed by atoms with Gasteiger partial charge >= 0.3 is 0 Å². The van der Waals surface area contributed by atoms with Gasteiger partial charge in [0.2, 0.25) is 5.91 Å². The van der Waals surface area contributed by atoms with Crippen LogP contribution in [0.4, 0.5) is 0 Å². The average molecular weight is 333 g/mol. The number of benzene rings is 3. The molecule has 0 bridgehead atoms. The third-order valence-electron chi connectivity index (χ3n) is 4.11. The zero-order chi connectivity index (χ0) is 17.8. The highest BCUT2D eigenvalue weighted by Gasteiger charge is 2.16. The van der Waals surface area contributed by atoms with Crippen LogP contribution in [0.3, 0.4) is 0 Å². The Morgan fingerprint density at radius 2 is 1.28 bits per heavy atom. The first-order valence-corrected chi connectivity index (χ1v) is 7.85. The molecule has 3 rings (SSSR count). The predicted octanol–water partition coefficient (Wildman–Crippen LogP) is 4.14. The quantitative estimate of drug-likeness (QED) is 0.763. The lowest BCUT2D eigenvalue weighted by Gasteiger charge is -2.15. The Morgan fingerprint density at radius 1 is 0.760 bits per heavy atom. The molecule has 0 aromatic heterocycles. The third-order valence-corrected chi connectivity index (χ3v) is 4.11. The van der Waals surface area contributed by atoms with E-state index < -0.39 is 5.91 Å². The Bertz CT molecular complexity index is 884. The minimum absolute atomic E-state index is 0.457. The average Bonchev–Trinajstić information content (AvgIpc) is 2.67. The fourth-order valence-electron chi connectivity index (χ4n) is 2.84. The summed E-state index contributed by atoms with van der Waals surface area (Å²) in [6, 6.07) is 20.9. The highest BCUT2D eigenvalue weighted by molar-refractivity contribution is 6.04. The zero-order valence-electron chi connectivity index (χ0n) is 14.2. The van der Waals surface area contributed by atoms with Crippen LogP contribution in [0.15, 0.2) is 66.7 Å². The highest BCUT2D eigenvalue weighted by Crippen LogP contribution is 2.36. The van der Waals surface area contributed by atoms with Crippen molar-refractivity contribution in [3.8, 4) is 33.8 Å². The fraction of sp³-hybridized carbons (Fsp3) is 0.0952. The van der Waals surface area contributed by atoms with Gasteiger partial charge in [0.1, 0.15) is 11.5 Å². The molecule has 0 spiro atoms. The highest BCUT2D eigenvalue weighted by atomic mass is 16.5. The van der Waals surface area contributed by atoms with E-state index in [1.807, 2.05) is 60.7 Å². The molecule has 3 aromatic rings. The van der Waals surface area contributed by atoms with Gasteiger partial charge in [0.15, 0.2) is 0 Å². The Morgan fingerprint density at radius 3 is 1.76 bits per heavy atom. The maximum Gasteiger partial charge on any atom is 0.249 e. The maximum absolute atomic E-state index is 12.0. The maximum atomic E-state index is 12.0. The second-order valence-electron chi connectivity index (χ2n) is 5.55. The molecule has 0 aliphatic carbocycles. The largest absolute Gasteiger partial charge is 0.497 e. The summed E-state index contributed by atoms with van der Waals surface area (Å²) in [4.78, 5) is 12.0. The van der Waals surface area contributed by atoms with Crippen LogP contribution in [-0.4, -0.2) is 20.1 Å². The summed E-state index contributed by atoms with van der Waals surface area (Å²) in [5, 5.41) is 0. The van der Waals surface area contributed by atoms with Crippen LogP contribution in [0.25, 0.3) is 22.3 Å². The van der Waals surface area contributed by atoms with Gasteiger partial charge in [-0.25, -0.2) is 0 Å². The van der Waals surface area contributed by atoms with Crippen LogP contribution >= 0.6 is 0 Å². The summed E-state index contributed by atoms with van der Waals surface area (Å²) in [6.07, 6.45) is 0. The van der Waals surface area contributed by atoms with E-state index in [9.17, 15) is 4.79 Å². The Kier molecular flexibility index (Phi) is 4.70. The molecule has 0 saturated carbocycles. The number of carbonyl (C=O) groups is 1. The summed E-state index contributed by atoms with van der Waals surface area (Å²) < 4.78 is 10.4. The van der Waals surface area contributed by atoms with Gasteiger partial charge in [-0.2, -0.15) is 0 Å². The minimum Gasteiger partial charge on any atom is -0.497 e. The van der Waals surface area contributed by atoms with Crippen molar-refractivity contribution in [3.05, 3.63) is 72.3 Å². The van der Waals surface area contributed by atoms with Gasteiger partial charge in [0.05, 0.1) is 14.2 Å². The first kappa shape index (κ1) is 16.6. The predicted molar refractivity (Wildman–Crippen MR) is 98.9 cm³/mol. The van der Waals surface area contributed by atoms with Gasteiger partial charge in [-0.3, -0.25) is 4.79 Å². The topological polar surface area (TPSA) is 61.5 Å². The molecule has 3 aromatic carbocycles. The second-order valence-corrected chi connectivity index (χ2v) is 5.55. The molecule has 0 saturated heterocycles. The van der Waals surface area contributed by atoms with Gasteiger partial charge in [0, 0.05) is 11.1 Å². The standard InChI is InChI=1S/C21H19NO3/c1-24-16-10-6-14(7-11-16)18-4-3-5-19(21(22)23)20(18)15-8-12-17(25-2)13-9-15/h3-13H,1-2H3,(H2,22,23). The smallest absolute Gasteiger partial charge is 0.249 e. The molecule has 0 heterocycles. The van der Waals surface area contributed by atoms with Crippen molar-refractivity contribution in [3.63, 3.8) is 0 Å². The van der Waals surface area contributed by atoms with Crippen LogP contribution in [0, 0.1) is 0 Å². The summed E-state index contributed by atoms with van der Waals surface area (Å²) >= 11 is 0. The lowest BCUT2D eigenvalue weighted by molar-refractivity contribution is 0.100. The number of nitrogens with two attached hydrogens (primary N) is 1. The molecule has 0 fully saturated rings. The number of hydrogen-bond acceptors (Lipinski definition) is 3. The van der Waals surface area contributed by atoms with Crippen molar-refractivity contribution in [1.29, 1.82) is 0 Å². The first-order valence-electron chi connectivity index (χ1n) is 7.85. The molecule has 126 valence electrons. The van der Waals surface area contributed by atoms with E-state index in [1.54, 1.807) is 20.3 Å². The number of carbonyl (C=O) groups excluding carboxylic acids is 1. The molecule has 1 amide bonds. The molecular weight excluding hydrogens is 314 g/mol. The van der Waals surface area contributed by atoms with Crippen LogP contribution in [-0.2, 0) is 0 Å². The van der Waals surface area contributed by atoms with E-state index in [0.29, 0.717) is 5.56 Å². The lowest BCUT2D eigenvalue weighted by atomic mass is 9.90. The molecule has 4 heteroatoms. The van der Waals surface area contributed by atoms with E-state index in [0.717, 1.165) is 33.8 Å². The van der Waals surface area contributed by atoms with Crippen molar-refractivity contribution in [1.82, 2.24) is 0 Å². The number of methoxy groups -OCH3 is 2. The summed E-state index contributed by atoms with van der Waals surface area (Å²) in [5.41, 5.74) is 9.73. The van der Waals surface area contributed by atoms with Gasteiger partial charge in [-0.15, -0.1) is 0 Å². The van der Waals surface area contributed by atoms with Gasteiger partial charge in [0.25, 0.3) is 0 Å². The minimum atomic E-state index is -0.457. The molecule has 0 aliphatic heterocycles. The molecule has 25 heavy (non-hydrogen) atoms. The van der Waals surface area contributed by atoms with Gasteiger partial charge in [-0.1, -0.05) is 36.4 Å². The van der Waals surface area contributed by atoms with Gasteiger partial charge in [-0.05, 0) is 47.0 Å². The van der Waals surface area contributed by atoms with Crippen LogP contribution in [0.5, 0.6) is 11.5 Å². The number of amides is 1. The number of hydrogen-bond donors (Lipinski definition) is 1. The third kappa shape index (κ3) is 3.33. The first-order chi connectivity index (χ1) is 12.1. The normalized spacial score (nSPS) is 10.3. The lowest BCUT2D eigenvalue weighted by Crippen LogP contribution is -2.12. The molecule has 0 atom stereocenters. The van der Waals surface area contributed by atoms with E-state index in [2.05, 4.69) is 0 Å². The van der Waals surface area contributed by atoms with Crippen molar-refractivity contribution in [2.75, 3.05) is 14.2 Å². The molecule has 0 unspecified atom stereocenters. The fourth-order valence-corrected chi connectivity index (χ4v) is 2.84. The monoisotopic (exact) mass is 333 g/mol. The molecule has 0 aliphatic rings. The Balaban J connectivity index is 2.20. The number of ether oxygens (including phenoxy) is 2. The Hall–Kier alpha value is -3.27. The van der Waals surface area contributed by atoms with Crippen LogP contribution in [0.2, 0.25) is 0 Å². The van der Waals surface area contributed by atoms with Crippen LogP contribution in [0.1, 0.15) is 10.4 Å². The van der Waals surface area contributed by atoms with Crippen LogP contribution < -0.4 is 15.2 Å². The van der Waals surface area contributed by atoms with E-state index in [-0.39, 0.29) is 0 Å². The molecule has 4 nitrogen and oxygen atoms in total. The summed E-state index contributed by atoms with van der Waals surface area (Å²) in [5.74, 6) is 1.08. The van der Waals surface area contributed by atoms with Gasteiger partial charge < -0.3 is 15.2 Å².